The monoisotopic (exact) mass is 345 g/mol. The maximum atomic E-state index is 12.5. The van der Waals surface area contributed by atoms with E-state index in [2.05, 4.69) is 15.3 Å². The number of aliphatic hydroxyl groups excluding tert-OH is 1. The van der Waals surface area contributed by atoms with Crippen LogP contribution in [0.4, 0.5) is 0 Å². The first-order valence-corrected chi connectivity index (χ1v) is 8.99. The lowest BCUT2D eigenvalue weighted by atomic mass is 10.2. The third-order valence-corrected chi connectivity index (χ3v) is 4.87. The van der Waals surface area contributed by atoms with Crippen LogP contribution in [-0.4, -0.2) is 62.5 Å². The van der Waals surface area contributed by atoms with Gasteiger partial charge < -0.3 is 15.0 Å². The Morgan fingerprint density at radius 3 is 2.92 bits per heavy atom. The largest absolute Gasteiger partial charge is 0.395 e. The van der Waals surface area contributed by atoms with Gasteiger partial charge in [0.2, 0.25) is 0 Å². The van der Waals surface area contributed by atoms with Crippen LogP contribution in [-0.2, 0) is 7.05 Å². The minimum atomic E-state index is -0.0915. The fraction of sp³-hybridized carbons (Fsp3) is 0.556. The van der Waals surface area contributed by atoms with Crippen LogP contribution in [0.2, 0.25) is 0 Å². The Bertz CT molecular complexity index is 680. The highest BCUT2D eigenvalue weighted by molar-refractivity contribution is 5.97. The second kappa shape index (κ2) is 8.31. The van der Waals surface area contributed by atoms with Gasteiger partial charge in [0, 0.05) is 32.0 Å². The minimum Gasteiger partial charge on any atom is -0.395 e. The summed E-state index contributed by atoms with van der Waals surface area (Å²) in [5.41, 5.74) is 0.582. The third-order valence-electron chi connectivity index (χ3n) is 4.87. The Morgan fingerprint density at radius 2 is 2.16 bits per heavy atom. The number of nitrogens with zero attached hydrogens (tertiary/aromatic N) is 4. The number of aliphatic hydroxyl groups is 1. The van der Waals surface area contributed by atoms with E-state index in [9.17, 15) is 9.90 Å². The molecule has 1 unspecified atom stereocenters. The summed E-state index contributed by atoms with van der Waals surface area (Å²) < 4.78 is 3.60. The van der Waals surface area contributed by atoms with Gasteiger partial charge in [0.1, 0.15) is 11.4 Å². The Morgan fingerprint density at radius 1 is 1.36 bits per heavy atom. The van der Waals surface area contributed by atoms with Crippen molar-refractivity contribution < 1.29 is 9.90 Å². The highest BCUT2D eigenvalue weighted by Gasteiger charge is 2.22. The van der Waals surface area contributed by atoms with E-state index in [1.54, 1.807) is 10.9 Å². The summed E-state index contributed by atoms with van der Waals surface area (Å²) in [6.45, 7) is 2.96. The number of carbonyl (C=O) groups is 1. The van der Waals surface area contributed by atoms with E-state index in [-0.39, 0.29) is 12.5 Å². The fourth-order valence-corrected chi connectivity index (χ4v) is 3.51. The summed E-state index contributed by atoms with van der Waals surface area (Å²) in [7, 11) is 1.83. The number of aromatic nitrogens is 3. The number of nitrogens with one attached hydrogen (secondary N) is 1. The number of rotatable bonds is 8. The van der Waals surface area contributed by atoms with Crippen molar-refractivity contribution in [2.24, 2.45) is 7.05 Å². The van der Waals surface area contributed by atoms with Crippen LogP contribution < -0.4 is 5.32 Å². The quantitative estimate of drug-likeness (QED) is 0.705. The summed E-state index contributed by atoms with van der Waals surface area (Å²) in [5, 5.41) is 16.5. The molecule has 0 bridgehead atoms. The van der Waals surface area contributed by atoms with Crippen LogP contribution in [0.15, 0.2) is 30.7 Å². The van der Waals surface area contributed by atoms with Gasteiger partial charge in [0.25, 0.3) is 5.91 Å². The molecule has 3 heterocycles. The van der Waals surface area contributed by atoms with Crippen molar-refractivity contribution in [3.8, 4) is 5.82 Å². The van der Waals surface area contributed by atoms with Crippen LogP contribution in [0, 0.1) is 0 Å². The standard InChI is InChI=1S/C18H27N5O2/c1-21-18(23-10-4-5-11-23)16(13-20-21)17(25)19-8-2-3-9-22-12-6-7-15(22)14-24/h4-5,10-11,13,15,24H,2-3,6-9,12,14H2,1H3,(H,19,25). The van der Waals surface area contributed by atoms with Gasteiger partial charge in [-0.2, -0.15) is 5.10 Å². The predicted octanol–water partition coefficient (Wildman–Crippen LogP) is 1.18. The SMILES string of the molecule is Cn1ncc(C(=O)NCCCCN2CCCC2CO)c1-n1cccc1. The lowest BCUT2D eigenvalue weighted by molar-refractivity contribution is 0.0952. The maximum absolute atomic E-state index is 12.5. The van der Waals surface area contributed by atoms with E-state index in [1.165, 1.54) is 6.42 Å². The molecule has 1 aliphatic heterocycles. The van der Waals surface area contributed by atoms with E-state index in [0.717, 1.165) is 38.2 Å². The van der Waals surface area contributed by atoms with Gasteiger partial charge in [0.15, 0.2) is 0 Å². The van der Waals surface area contributed by atoms with Gasteiger partial charge in [-0.15, -0.1) is 0 Å². The molecular formula is C18H27N5O2. The van der Waals surface area contributed by atoms with E-state index < -0.39 is 0 Å². The Hall–Kier alpha value is -2.12. The predicted molar refractivity (Wildman–Crippen MR) is 95.8 cm³/mol. The maximum Gasteiger partial charge on any atom is 0.256 e. The van der Waals surface area contributed by atoms with Gasteiger partial charge >= 0.3 is 0 Å². The average molecular weight is 345 g/mol. The zero-order valence-electron chi connectivity index (χ0n) is 14.8. The molecule has 3 rings (SSSR count). The molecule has 2 aromatic rings. The topological polar surface area (TPSA) is 75.3 Å². The number of hydrogen-bond donors (Lipinski definition) is 2. The van der Waals surface area contributed by atoms with Crippen LogP contribution in [0.3, 0.4) is 0 Å². The van der Waals surface area contributed by atoms with Gasteiger partial charge in [-0.25, -0.2) is 0 Å². The second-order valence-corrected chi connectivity index (χ2v) is 6.57. The molecular weight excluding hydrogens is 318 g/mol. The van der Waals surface area contributed by atoms with E-state index in [0.29, 0.717) is 18.2 Å². The van der Waals surface area contributed by atoms with Gasteiger partial charge in [-0.05, 0) is 50.9 Å². The number of hydrogen-bond acceptors (Lipinski definition) is 4. The molecule has 0 saturated carbocycles. The summed E-state index contributed by atoms with van der Waals surface area (Å²) >= 11 is 0. The number of carbonyl (C=O) groups excluding carboxylic acids is 1. The average Bonchev–Trinajstić information content (AvgIpc) is 3.34. The van der Waals surface area contributed by atoms with E-state index in [4.69, 9.17) is 0 Å². The molecule has 0 radical (unpaired) electrons. The molecule has 25 heavy (non-hydrogen) atoms. The van der Waals surface area contributed by atoms with Gasteiger partial charge in [-0.3, -0.25) is 14.4 Å². The van der Waals surface area contributed by atoms with Gasteiger partial charge in [-0.1, -0.05) is 0 Å². The second-order valence-electron chi connectivity index (χ2n) is 6.57. The molecule has 2 aromatic heterocycles. The summed E-state index contributed by atoms with van der Waals surface area (Å²) in [6, 6.07) is 4.17. The van der Waals surface area contributed by atoms with Crippen molar-refractivity contribution in [3.05, 3.63) is 36.3 Å². The highest BCUT2D eigenvalue weighted by Crippen LogP contribution is 2.17. The van der Waals surface area contributed by atoms with Crippen LogP contribution >= 0.6 is 0 Å². The number of likely N-dealkylation sites (tertiary alicyclic amines) is 1. The molecule has 0 aliphatic carbocycles. The molecule has 0 aromatic carbocycles. The molecule has 7 heteroatoms. The lowest BCUT2D eigenvalue weighted by Crippen LogP contribution is -2.33. The number of amides is 1. The Kier molecular flexibility index (Phi) is 5.88. The molecule has 2 N–H and O–H groups in total. The highest BCUT2D eigenvalue weighted by atomic mass is 16.3. The zero-order valence-corrected chi connectivity index (χ0v) is 14.8. The van der Waals surface area contributed by atoms with Crippen molar-refractivity contribution in [2.45, 2.75) is 31.7 Å². The first kappa shape index (κ1) is 17.7. The molecule has 1 aliphatic rings. The fourth-order valence-electron chi connectivity index (χ4n) is 3.51. The smallest absolute Gasteiger partial charge is 0.256 e. The molecule has 0 spiro atoms. The van der Waals surface area contributed by atoms with Crippen LogP contribution in [0.1, 0.15) is 36.0 Å². The van der Waals surface area contributed by atoms with Crippen molar-refractivity contribution in [2.75, 3.05) is 26.2 Å². The van der Waals surface area contributed by atoms with Crippen LogP contribution in [0.25, 0.3) is 5.82 Å². The minimum absolute atomic E-state index is 0.0915. The molecule has 136 valence electrons. The Balaban J connectivity index is 1.46. The summed E-state index contributed by atoms with van der Waals surface area (Å²) in [6.07, 6.45) is 9.64. The van der Waals surface area contributed by atoms with E-state index in [1.807, 2.05) is 36.1 Å². The molecule has 1 fully saturated rings. The molecule has 1 saturated heterocycles. The van der Waals surface area contributed by atoms with E-state index >= 15 is 0 Å². The summed E-state index contributed by atoms with van der Waals surface area (Å²) in [5.74, 6) is 0.677. The Labute approximate surface area is 148 Å². The first-order chi connectivity index (χ1) is 12.2. The molecule has 7 nitrogen and oxygen atoms in total. The van der Waals surface area contributed by atoms with Crippen molar-refractivity contribution >= 4 is 5.91 Å². The molecule has 1 amide bonds. The normalized spacial score (nSPS) is 17.9. The van der Waals surface area contributed by atoms with Crippen molar-refractivity contribution in [1.82, 2.24) is 24.6 Å². The third kappa shape index (κ3) is 4.11. The van der Waals surface area contributed by atoms with Crippen molar-refractivity contribution in [3.63, 3.8) is 0 Å². The summed E-state index contributed by atoms with van der Waals surface area (Å²) in [4.78, 5) is 14.8. The lowest BCUT2D eigenvalue weighted by Gasteiger charge is -2.22. The van der Waals surface area contributed by atoms with Gasteiger partial charge in [0.05, 0.1) is 12.8 Å². The van der Waals surface area contributed by atoms with Crippen molar-refractivity contribution in [1.29, 1.82) is 0 Å². The van der Waals surface area contributed by atoms with Crippen LogP contribution in [0.5, 0.6) is 0 Å². The molecule has 1 atom stereocenters. The number of aryl methyl sites for hydroxylation is 1. The number of unbranched alkanes of at least 4 members (excludes halogenated alkanes) is 1. The first-order valence-electron chi connectivity index (χ1n) is 8.99. The zero-order chi connectivity index (χ0) is 17.6.